The fourth-order valence-corrected chi connectivity index (χ4v) is 3.81. The van der Waals surface area contributed by atoms with Crippen molar-refractivity contribution in [3.8, 4) is 0 Å². The first-order valence-corrected chi connectivity index (χ1v) is 8.71. The van der Waals surface area contributed by atoms with E-state index in [1.165, 1.54) is 5.56 Å². The summed E-state index contributed by atoms with van der Waals surface area (Å²) in [5.41, 5.74) is 0.897. The van der Waals surface area contributed by atoms with Gasteiger partial charge in [-0.2, -0.15) is 0 Å². The molecular formula is C19H28N2O2. The van der Waals surface area contributed by atoms with E-state index >= 15 is 0 Å². The summed E-state index contributed by atoms with van der Waals surface area (Å²) in [5, 5.41) is 3.67. The molecule has 0 spiro atoms. The third kappa shape index (κ3) is 4.05. The zero-order chi connectivity index (χ0) is 16.4. The van der Waals surface area contributed by atoms with Crippen molar-refractivity contribution in [2.24, 2.45) is 0 Å². The van der Waals surface area contributed by atoms with E-state index in [0.29, 0.717) is 18.1 Å². The molecular weight excluding hydrogens is 288 g/mol. The molecule has 2 fully saturated rings. The highest BCUT2D eigenvalue weighted by Gasteiger charge is 2.44. The SMILES string of the molecule is CC(C)(C)OC(=O)N1[C@@H]2CC[C@@H]1CC(NCc1ccccc1)C2. The summed E-state index contributed by atoms with van der Waals surface area (Å²) in [6, 6.07) is 11.6. The van der Waals surface area contributed by atoms with Crippen molar-refractivity contribution in [2.75, 3.05) is 0 Å². The Morgan fingerprint density at radius 3 is 2.35 bits per heavy atom. The van der Waals surface area contributed by atoms with E-state index in [1.807, 2.05) is 31.7 Å². The molecule has 23 heavy (non-hydrogen) atoms. The zero-order valence-electron chi connectivity index (χ0n) is 14.4. The quantitative estimate of drug-likeness (QED) is 0.924. The first-order valence-electron chi connectivity index (χ1n) is 8.71. The lowest BCUT2D eigenvalue weighted by Crippen LogP contribution is -2.52. The van der Waals surface area contributed by atoms with Crippen molar-refractivity contribution >= 4 is 6.09 Å². The Bertz CT molecular complexity index is 524. The number of amides is 1. The van der Waals surface area contributed by atoms with Crippen LogP contribution < -0.4 is 5.32 Å². The summed E-state index contributed by atoms with van der Waals surface area (Å²) in [6.45, 7) is 6.69. The monoisotopic (exact) mass is 316 g/mol. The molecule has 4 nitrogen and oxygen atoms in total. The molecule has 4 heteroatoms. The Balaban J connectivity index is 1.55. The molecule has 1 N–H and O–H groups in total. The van der Waals surface area contributed by atoms with Crippen LogP contribution in [0.15, 0.2) is 30.3 Å². The highest BCUT2D eigenvalue weighted by molar-refractivity contribution is 5.69. The number of carbonyl (C=O) groups excluding carboxylic acids is 1. The van der Waals surface area contributed by atoms with Gasteiger partial charge in [-0.05, 0) is 52.0 Å². The molecule has 2 bridgehead atoms. The van der Waals surface area contributed by atoms with Gasteiger partial charge in [0.2, 0.25) is 0 Å². The fourth-order valence-electron chi connectivity index (χ4n) is 3.81. The van der Waals surface area contributed by atoms with E-state index in [1.54, 1.807) is 0 Å². The number of fused-ring (bicyclic) bond motifs is 2. The van der Waals surface area contributed by atoms with Gasteiger partial charge in [0.05, 0.1) is 0 Å². The molecule has 2 atom stereocenters. The first-order chi connectivity index (χ1) is 10.9. The summed E-state index contributed by atoms with van der Waals surface area (Å²) in [6.07, 6.45) is 4.14. The highest BCUT2D eigenvalue weighted by Crippen LogP contribution is 2.36. The van der Waals surface area contributed by atoms with Crippen LogP contribution in [0.5, 0.6) is 0 Å². The van der Waals surface area contributed by atoms with Crippen molar-refractivity contribution in [2.45, 2.75) is 76.7 Å². The Morgan fingerprint density at radius 1 is 1.17 bits per heavy atom. The first kappa shape index (κ1) is 16.3. The van der Waals surface area contributed by atoms with Crippen molar-refractivity contribution in [1.29, 1.82) is 0 Å². The average Bonchev–Trinajstić information content (AvgIpc) is 2.76. The predicted molar refractivity (Wildman–Crippen MR) is 91.2 cm³/mol. The number of piperidine rings is 1. The minimum absolute atomic E-state index is 0.133. The van der Waals surface area contributed by atoms with Gasteiger partial charge in [0.1, 0.15) is 5.60 Å². The van der Waals surface area contributed by atoms with Gasteiger partial charge in [0.15, 0.2) is 0 Å². The fraction of sp³-hybridized carbons (Fsp3) is 0.632. The van der Waals surface area contributed by atoms with Gasteiger partial charge in [-0.25, -0.2) is 4.79 Å². The molecule has 0 aliphatic carbocycles. The summed E-state index contributed by atoms with van der Waals surface area (Å²) < 4.78 is 5.59. The van der Waals surface area contributed by atoms with Gasteiger partial charge in [-0.1, -0.05) is 30.3 Å². The van der Waals surface area contributed by atoms with Crippen LogP contribution >= 0.6 is 0 Å². The number of ether oxygens (including phenoxy) is 1. The molecule has 1 amide bonds. The van der Waals surface area contributed by atoms with Crippen molar-refractivity contribution in [1.82, 2.24) is 10.2 Å². The number of benzene rings is 1. The van der Waals surface area contributed by atoms with E-state index < -0.39 is 5.60 Å². The molecule has 1 aromatic carbocycles. The van der Waals surface area contributed by atoms with E-state index in [2.05, 4.69) is 29.6 Å². The zero-order valence-corrected chi connectivity index (χ0v) is 14.4. The van der Waals surface area contributed by atoms with Crippen LogP contribution in [0.3, 0.4) is 0 Å². The van der Waals surface area contributed by atoms with Gasteiger partial charge in [0, 0.05) is 24.7 Å². The molecule has 2 aliphatic heterocycles. The second-order valence-corrected chi connectivity index (χ2v) is 7.81. The average molecular weight is 316 g/mol. The largest absolute Gasteiger partial charge is 0.444 e. The lowest BCUT2D eigenvalue weighted by atomic mass is 9.97. The van der Waals surface area contributed by atoms with Crippen LogP contribution in [0.2, 0.25) is 0 Å². The highest BCUT2D eigenvalue weighted by atomic mass is 16.6. The number of rotatable bonds is 3. The molecule has 0 aromatic heterocycles. The van der Waals surface area contributed by atoms with Gasteiger partial charge >= 0.3 is 6.09 Å². The molecule has 126 valence electrons. The van der Waals surface area contributed by atoms with Gasteiger partial charge < -0.3 is 15.0 Å². The molecule has 2 aliphatic rings. The number of hydrogen-bond acceptors (Lipinski definition) is 3. The van der Waals surface area contributed by atoms with Crippen LogP contribution in [0.4, 0.5) is 4.79 Å². The normalized spacial score (nSPS) is 27.1. The minimum Gasteiger partial charge on any atom is -0.444 e. The molecule has 0 unspecified atom stereocenters. The van der Waals surface area contributed by atoms with E-state index in [-0.39, 0.29) is 6.09 Å². The summed E-state index contributed by atoms with van der Waals surface area (Å²) >= 11 is 0. The van der Waals surface area contributed by atoms with Gasteiger partial charge in [0.25, 0.3) is 0 Å². The van der Waals surface area contributed by atoms with Crippen LogP contribution in [-0.4, -0.2) is 34.7 Å². The number of carbonyl (C=O) groups is 1. The maximum atomic E-state index is 12.4. The second kappa shape index (κ2) is 6.52. The second-order valence-electron chi connectivity index (χ2n) is 7.81. The third-order valence-corrected chi connectivity index (χ3v) is 4.78. The van der Waals surface area contributed by atoms with Crippen molar-refractivity contribution < 1.29 is 9.53 Å². The topological polar surface area (TPSA) is 41.6 Å². The van der Waals surface area contributed by atoms with Gasteiger partial charge in [-0.3, -0.25) is 0 Å². The summed E-state index contributed by atoms with van der Waals surface area (Å²) in [5.74, 6) is 0. The lowest BCUT2D eigenvalue weighted by Gasteiger charge is -2.39. The predicted octanol–water partition coefficient (Wildman–Crippen LogP) is 3.71. The molecule has 3 rings (SSSR count). The van der Waals surface area contributed by atoms with E-state index in [4.69, 9.17) is 4.74 Å². The smallest absolute Gasteiger partial charge is 0.410 e. The number of hydrogen-bond donors (Lipinski definition) is 1. The van der Waals surface area contributed by atoms with Crippen LogP contribution in [-0.2, 0) is 11.3 Å². The Kier molecular flexibility index (Phi) is 4.62. The van der Waals surface area contributed by atoms with Crippen molar-refractivity contribution in [3.63, 3.8) is 0 Å². The maximum Gasteiger partial charge on any atom is 0.410 e. The number of nitrogens with one attached hydrogen (secondary N) is 1. The summed E-state index contributed by atoms with van der Waals surface area (Å²) in [7, 11) is 0. The maximum absolute atomic E-state index is 12.4. The Morgan fingerprint density at radius 2 is 1.78 bits per heavy atom. The Hall–Kier alpha value is -1.55. The minimum atomic E-state index is -0.418. The van der Waals surface area contributed by atoms with E-state index in [0.717, 1.165) is 32.2 Å². The number of nitrogens with zero attached hydrogens (tertiary/aromatic N) is 1. The van der Waals surface area contributed by atoms with E-state index in [9.17, 15) is 4.79 Å². The standard InChI is InChI=1S/C19H28N2O2/c1-19(2,3)23-18(22)21-16-9-10-17(21)12-15(11-16)20-13-14-7-5-4-6-8-14/h4-8,15-17,20H,9-13H2,1-3H3/t16-,17-/m1/s1. The van der Waals surface area contributed by atoms with Crippen LogP contribution in [0, 0.1) is 0 Å². The molecule has 1 aromatic rings. The van der Waals surface area contributed by atoms with Crippen LogP contribution in [0.1, 0.15) is 52.0 Å². The third-order valence-electron chi connectivity index (χ3n) is 4.78. The lowest BCUT2D eigenvalue weighted by molar-refractivity contribution is 0.00466. The Labute approximate surface area is 139 Å². The summed E-state index contributed by atoms with van der Waals surface area (Å²) in [4.78, 5) is 14.4. The van der Waals surface area contributed by atoms with Crippen LogP contribution in [0.25, 0.3) is 0 Å². The molecule has 2 saturated heterocycles. The van der Waals surface area contributed by atoms with Crippen molar-refractivity contribution in [3.05, 3.63) is 35.9 Å². The molecule has 0 radical (unpaired) electrons. The van der Waals surface area contributed by atoms with Gasteiger partial charge in [-0.15, -0.1) is 0 Å². The molecule has 2 heterocycles. The molecule has 0 saturated carbocycles.